The highest BCUT2D eigenvalue weighted by Gasteiger charge is 2.17. The first kappa shape index (κ1) is 20.8. The minimum Gasteiger partial charge on any atom is -0.481 e. The fraction of sp³-hybridized carbons (Fsp3) is 0.0833. The molecule has 0 amide bonds. The van der Waals surface area contributed by atoms with Crippen LogP contribution >= 0.6 is 15.9 Å². The molecule has 0 radical (unpaired) electrons. The maximum atomic E-state index is 13.9. The van der Waals surface area contributed by atoms with E-state index in [1.54, 1.807) is 22.9 Å². The molecule has 0 bridgehead atoms. The molecular weight excluding hydrogens is 463 g/mol. The molecule has 4 rings (SSSR count). The average molecular weight is 481 g/mol. The van der Waals surface area contributed by atoms with Gasteiger partial charge in [-0.05, 0) is 42.0 Å². The van der Waals surface area contributed by atoms with E-state index in [1.165, 1.54) is 12.1 Å². The zero-order valence-corrected chi connectivity index (χ0v) is 17.9. The molecule has 0 saturated heterocycles. The zero-order chi connectivity index (χ0) is 21.8. The Morgan fingerprint density at radius 2 is 1.84 bits per heavy atom. The molecule has 156 valence electrons. The molecule has 0 aliphatic rings. The molecule has 0 aliphatic carbocycles. The zero-order valence-electron chi connectivity index (χ0n) is 16.3. The number of hydrogen-bond acceptors (Lipinski definition) is 3. The minimum absolute atomic E-state index is 0.334. The number of ether oxygens (including phenoxy) is 1. The summed E-state index contributed by atoms with van der Waals surface area (Å²) in [6.45, 7) is 0.0299. The van der Waals surface area contributed by atoms with Gasteiger partial charge in [-0.3, -0.25) is 4.68 Å². The standard InChI is InChI=1S/C24H18BrFN2O3/c25-18-9-10-23(31-15-24(29)30)20(12-18)21-13-22(17-7-4-8-19(26)11-17)28(27-21)14-16-5-2-1-3-6-16/h1-13H,14-15H2,(H,29,30). The van der Waals surface area contributed by atoms with Crippen molar-refractivity contribution >= 4 is 21.9 Å². The molecule has 0 fully saturated rings. The lowest BCUT2D eigenvalue weighted by molar-refractivity contribution is -0.139. The number of aliphatic carboxylic acids is 1. The lowest BCUT2D eigenvalue weighted by atomic mass is 10.1. The third kappa shape index (κ3) is 5.00. The van der Waals surface area contributed by atoms with Crippen molar-refractivity contribution in [2.24, 2.45) is 0 Å². The normalized spacial score (nSPS) is 10.8. The number of carboxylic acid groups (broad SMARTS) is 1. The summed E-state index contributed by atoms with van der Waals surface area (Å²) in [4.78, 5) is 11.0. The van der Waals surface area contributed by atoms with Crippen molar-refractivity contribution < 1.29 is 19.0 Å². The molecule has 0 unspecified atom stereocenters. The van der Waals surface area contributed by atoms with Crippen LogP contribution in [-0.4, -0.2) is 27.5 Å². The molecule has 7 heteroatoms. The van der Waals surface area contributed by atoms with Gasteiger partial charge in [0.2, 0.25) is 0 Å². The van der Waals surface area contributed by atoms with Crippen LogP contribution in [0.3, 0.4) is 0 Å². The van der Waals surface area contributed by atoms with Crippen LogP contribution in [0.5, 0.6) is 5.75 Å². The number of rotatable bonds is 7. The molecule has 0 spiro atoms. The van der Waals surface area contributed by atoms with Crippen LogP contribution < -0.4 is 4.74 Å². The lowest BCUT2D eigenvalue weighted by Crippen LogP contribution is -2.10. The van der Waals surface area contributed by atoms with Crippen LogP contribution in [0, 0.1) is 5.82 Å². The van der Waals surface area contributed by atoms with Crippen molar-refractivity contribution in [3.8, 4) is 28.3 Å². The van der Waals surface area contributed by atoms with Gasteiger partial charge < -0.3 is 9.84 Å². The Bertz CT molecular complexity index is 1220. The van der Waals surface area contributed by atoms with Gasteiger partial charge in [0.1, 0.15) is 11.6 Å². The van der Waals surface area contributed by atoms with Crippen molar-refractivity contribution in [1.82, 2.24) is 9.78 Å². The van der Waals surface area contributed by atoms with E-state index in [2.05, 4.69) is 15.9 Å². The summed E-state index contributed by atoms with van der Waals surface area (Å²) in [6, 6.07) is 23.3. The van der Waals surface area contributed by atoms with Gasteiger partial charge in [-0.1, -0.05) is 58.4 Å². The first-order valence-corrected chi connectivity index (χ1v) is 10.3. The van der Waals surface area contributed by atoms with E-state index in [9.17, 15) is 9.18 Å². The Morgan fingerprint density at radius 1 is 1.03 bits per heavy atom. The van der Waals surface area contributed by atoms with Crippen LogP contribution in [0.25, 0.3) is 22.5 Å². The number of aromatic nitrogens is 2. The van der Waals surface area contributed by atoms with E-state index in [-0.39, 0.29) is 5.82 Å². The fourth-order valence-electron chi connectivity index (χ4n) is 3.27. The molecule has 1 heterocycles. The molecule has 0 aliphatic heterocycles. The second kappa shape index (κ2) is 9.14. The van der Waals surface area contributed by atoms with E-state index < -0.39 is 12.6 Å². The summed E-state index contributed by atoms with van der Waals surface area (Å²) < 4.78 is 22.0. The van der Waals surface area contributed by atoms with Crippen molar-refractivity contribution in [3.05, 3.63) is 94.7 Å². The number of nitrogens with zero attached hydrogens (tertiary/aromatic N) is 2. The highest BCUT2D eigenvalue weighted by Crippen LogP contribution is 2.35. The number of carboxylic acids is 1. The van der Waals surface area contributed by atoms with Crippen LogP contribution in [0.2, 0.25) is 0 Å². The molecule has 4 aromatic rings. The van der Waals surface area contributed by atoms with Gasteiger partial charge in [0.25, 0.3) is 0 Å². The van der Waals surface area contributed by atoms with Crippen molar-refractivity contribution in [2.45, 2.75) is 6.54 Å². The molecule has 0 atom stereocenters. The van der Waals surface area contributed by atoms with Crippen LogP contribution in [0.15, 0.2) is 83.3 Å². The maximum absolute atomic E-state index is 13.9. The molecule has 3 aromatic carbocycles. The van der Waals surface area contributed by atoms with E-state index in [0.717, 1.165) is 15.7 Å². The molecule has 0 saturated carbocycles. The van der Waals surface area contributed by atoms with Gasteiger partial charge in [-0.15, -0.1) is 0 Å². The van der Waals surface area contributed by atoms with Crippen molar-refractivity contribution in [3.63, 3.8) is 0 Å². The SMILES string of the molecule is O=C(O)COc1ccc(Br)cc1-c1cc(-c2cccc(F)c2)n(Cc2ccccc2)n1. The van der Waals surface area contributed by atoms with Gasteiger partial charge in [0, 0.05) is 15.6 Å². The summed E-state index contributed by atoms with van der Waals surface area (Å²) >= 11 is 3.45. The maximum Gasteiger partial charge on any atom is 0.341 e. The smallest absolute Gasteiger partial charge is 0.341 e. The highest BCUT2D eigenvalue weighted by molar-refractivity contribution is 9.10. The monoisotopic (exact) mass is 480 g/mol. The predicted molar refractivity (Wildman–Crippen MR) is 119 cm³/mol. The van der Waals surface area contributed by atoms with Crippen LogP contribution in [0.1, 0.15) is 5.56 Å². The Morgan fingerprint density at radius 3 is 2.58 bits per heavy atom. The topological polar surface area (TPSA) is 64.3 Å². The summed E-state index contributed by atoms with van der Waals surface area (Å²) in [5.41, 5.74) is 3.71. The number of halogens is 2. The highest BCUT2D eigenvalue weighted by atomic mass is 79.9. The first-order valence-electron chi connectivity index (χ1n) is 9.52. The molecular formula is C24H18BrFN2O3. The van der Waals surface area contributed by atoms with Gasteiger partial charge in [-0.25, -0.2) is 9.18 Å². The third-order valence-electron chi connectivity index (χ3n) is 4.64. The minimum atomic E-state index is -1.07. The van der Waals surface area contributed by atoms with E-state index >= 15 is 0 Å². The second-order valence-electron chi connectivity index (χ2n) is 6.89. The van der Waals surface area contributed by atoms with E-state index in [1.807, 2.05) is 48.5 Å². The molecule has 1 aromatic heterocycles. The average Bonchev–Trinajstić information content (AvgIpc) is 3.17. The summed E-state index contributed by atoms with van der Waals surface area (Å²) in [6.07, 6.45) is 0. The number of carbonyl (C=O) groups is 1. The Balaban J connectivity index is 1.82. The Labute approximate surface area is 186 Å². The first-order chi connectivity index (χ1) is 15.0. The summed E-state index contributed by atoms with van der Waals surface area (Å²) in [5, 5.41) is 13.7. The predicted octanol–water partition coefficient (Wildman–Crippen LogP) is 5.63. The van der Waals surface area contributed by atoms with Crippen molar-refractivity contribution in [1.29, 1.82) is 0 Å². The number of benzene rings is 3. The largest absolute Gasteiger partial charge is 0.481 e. The number of hydrogen-bond donors (Lipinski definition) is 1. The summed E-state index contributed by atoms with van der Waals surface area (Å²) in [7, 11) is 0. The van der Waals surface area contributed by atoms with Crippen LogP contribution in [-0.2, 0) is 11.3 Å². The summed E-state index contributed by atoms with van der Waals surface area (Å²) in [5.74, 6) is -0.996. The van der Waals surface area contributed by atoms with Crippen LogP contribution in [0.4, 0.5) is 4.39 Å². The molecule has 31 heavy (non-hydrogen) atoms. The van der Waals surface area contributed by atoms with Gasteiger partial charge in [0.15, 0.2) is 6.61 Å². The van der Waals surface area contributed by atoms with E-state index in [0.29, 0.717) is 29.1 Å². The molecule has 1 N–H and O–H groups in total. The quantitative estimate of drug-likeness (QED) is 0.372. The fourth-order valence-corrected chi connectivity index (χ4v) is 3.63. The second-order valence-corrected chi connectivity index (χ2v) is 7.81. The van der Waals surface area contributed by atoms with Gasteiger partial charge in [-0.2, -0.15) is 5.10 Å². The molecule has 5 nitrogen and oxygen atoms in total. The Kier molecular flexibility index (Phi) is 6.13. The van der Waals surface area contributed by atoms with Crippen molar-refractivity contribution in [2.75, 3.05) is 6.61 Å². The lowest BCUT2D eigenvalue weighted by Gasteiger charge is -2.09. The van der Waals surface area contributed by atoms with Gasteiger partial charge in [0.05, 0.1) is 17.9 Å². The van der Waals surface area contributed by atoms with Gasteiger partial charge >= 0.3 is 5.97 Å². The Hall–Kier alpha value is -3.45. The van der Waals surface area contributed by atoms with E-state index in [4.69, 9.17) is 14.9 Å². The third-order valence-corrected chi connectivity index (χ3v) is 5.14.